The summed E-state index contributed by atoms with van der Waals surface area (Å²) in [6, 6.07) is 13.1. The maximum atomic E-state index is 13.1. The van der Waals surface area contributed by atoms with E-state index < -0.39 is 6.04 Å². The van der Waals surface area contributed by atoms with Crippen LogP contribution < -0.4 is 10.2 Å². The van der Waals surface area contributed by atoms with Crippen molar-refractivity contribution in [3.05, 3.63) is 59.2 Å². The molecule has 0 aliphatic carbocycles. The predicted octanol–water partition coefficient (Wildman–Crippen LogP) is 3.29. The minimum Gasteiger partial charge on any atom is -0.378 e. The summed E-state index contributed by atoms with van der Waals surface area (Å²) in [4.78, 5) is 29.9. The highest BCUT2D eigenvalue weighted by Crippen LogP contribution is 2.26. The molecule has 0 saturated carbocycles. The molecule has 4 rings (SSSR count). The number of aryl methyl sites for hydroxylation is 2. The number of anilines is 2. The maximum Gasteiger partial charge on any atom is 0.255 e. The molecule has 2 aromatic carbocycles. The normalized spacial score (nSPS) is 19.1. The Kier molecular flexibility index (Phi) is 6.29. The summed E-state index contributed by atoms with van der Waals surface area (Å²) >= 11 is 1.61. The van der Waals surface area contributed by atoms with Crippen molar-refractivity contribution >= 4 is 35.0 Å². The Morgan fingerprint density at radius 3 is 2.47 bits per heavy atom. The van der Waals surface area contributed by atoms with Gasteiger partial charge in [-0.2, -0.15) is 0 Å². The van der Waals surface area contributed by atoms with Crippen LogP contribution in [0.25, 0.3) is 0 Å². The van der Waals surface area contributed by atoms with E-state index in [2.05, 4.69) is 10.2 Å². The quantitative estimate of drug-likeness (QED) is 0.815. The number of nitrogens with zero attached hydrogens (tertiary/aromatic N) is 2. The van der Waals surface area contributed by atoms with Crippen LogP contribution in [0.1, 0.15) is 21.5 Å². The predicted molar refractivity (Wildman–Crippen MR) is 121 cm³/mol. The molecule has 0 aromatic heterocycles. The van der Waals surface area contributed by atoms with E-state index in [1.165, 1.54) is 5.56 Å². The second kappa shape index (κ2) is 9.10. The molecule has 2 saturated heterocycles. The van der Waals surface area contributed by atoms with E-state index in [0.29, 0.717) is 17.2 Å². The van der Waals surface area contributed by atoms with Gasteiger partial charge in [-0.25, -0.2) is 0 Å². The van der Waals surface area contributed by atoms with Crippen molar-refractivity contribution in [3.8, 4) is 0 Å². The zero-order valence-electron chi connectivity index (χ0n) is 17.4. The summed E-state index contributed by atoms with van der Waals surface area (Å²) in [6.07, 6.45) is 0. The Labute approximate surface area is 181 Å². The highest BCUT2D eigenvalue weighted by atomic mass is 32.2. The van der Waals surface area contributed by atoms with Crippen molar-refractivity contribution in [2.75, 3.05) is 48.1 Å². The summed E-state index contributed by atoms with van der Waals surface area (Å²) in [7, 11) is 0. The van der Waals surface area contributed by atoms with Gasteiger partial charge in [0.2, 0.25) is 5.91 Å². The van der Waals surface area contributed by atoms with Crippen LogP contribution >= 0.6 is 11.8 Å². The summed E-state index contributed by atoms with van der Waals surface area (Å²) < 4.78 is 5.40. The number of hydrogen-bond acceptors (Lipinski definition) is 5. The van der Waals surface area contributed by atoms with Gasteiger partial charge in [0.15, 0.2) is 0 Å². The molecule has 0 radical (unpaired) electrons. The van der Waals surface area contributed by atoms with Crippen LogP contribution in [0.2, 0.25) is 0 Å². The van der Waals surface area contributed by atoms with E-state index in [0.717, 1.165) is 43.2 Å². The van der Waals surface area contributed by atoms with Crippen LogP contribution in [-0.2, 0) is 9.53 Å². The molecule has 158 valence electrons. The molecule has 1 unspecified atom stereocenters. The zero-order valence-corrected chi connectivity index (χ0v) is 18.2. The number of benzene rings is 2. The van der Waals surface area contributed by atoms with E-state index in [9.17, 15) is 9.59 Å². The van der Waals surface area contributed by atoms with Crippen LogP contribution in [-0.4, -0.2) is 60.7 Å². The molecule has 0 spiro atoms. The first kappa shape index (κ1) is 20.8. The Bertz CT molecular complexity index is 926. The molecule has 6 nitrogen and oxygen atoms in total. The van der Waals surface area contributed by atoms with Crippen molar-refractivity contribution in [1.82, 2.24) is 4.90 Å². The van der Waals surface area contributed by atoms with Gasteiger partial charge in [0.1, 0.15) is 6.04 Å². The molecule has 2 aromatic rings. The number of nitrogens with one attached hydrogen (secondary N) is 1. The summed E-state index contributed by atoms with van der Waals surface area (Å²) in [5, 5.41) is 2.98. The van der Waals surface area contributed by atoms with E-state index in [1.54, 1.807) is 16.7 Å². The molecular formula is C23H27N3O3S. The number of rotatable bonds is 4. The van der Waals surface area contributed by atoms with Crippen molar-refractivity contribution < 1.29 is 14.3 Å². The van der Waals surface area contributed by atoms with Crippen LogP contribution in [0.3, 0.4) is 0 Å². The van der Waals surface area contributed by atoms with Gasteiger partial charge >= 0.3 is 0 Å². The smallest absolute Gasteiger partial charge is 0.255 e. The molecule has 0 bridgehead atoms. The minimum atomic E-state index is -0.469. The second-order valence-electron chi connectivity index (χ2n) is 7.73. The van der Waals surface area contributed by atoms with Gasteiger partial charge in [-0.05, 0) is 61.4 Å². The summed E-state index contributed by atoms with van der Waals surface area (Å²) in [5.41, 5.74) is 4.78. The molecule has 2 aliphatic rings. The molecule has 2 aliphatic heterocycles. The molecule has 2 amide bonds. The van der Waals surface area contributed by atoms with E-state index >= 15 is 0 Å². The number of ether oxygens (including phenoxy) is 1. The number of carbonyl (C=O) groups is 2. The van der Waals surface area contributed by atoms with Gasteiger partial charge in [0, 0.05) is 35.8 Å². The lowest BCUT2D eigenvalue weighted by atomic mass is 10.1. The summed E-state index contributed by atoms with van der Waals surface area (Å²) in [5.74, 6) is 0.888. The van der Waals surface area contributed by atoms with Crippen LogP contribution in [0.4, 0.5) is 11.4 Å². The molecule has 7 heteroatoms. The average Bonchev–Trinajstić information content (AvgIpc) is 3.27. The molecule has 30 heavy (non-hydrogen) atoms. The van der Waals surface area contributed by atoms with Gasteiger partial charge < -0.3 is 19.9 Å². The van der Waals surface area contributed by atoms with E-state index in [1.807, 2.05) is 56.3 Å². The number of amides is 2. The number of thioether (sulfide) groups is 1. The third kappa shape index (κ3) is 4.47. The third-order valence-electron chi connectivity index (χ3n) is 5.71. The Morgan fingerprint density at radius 2 is 1.77 bits per heavy atom. The monoisotopic (exact) mass is 425 g/mol. The first-order valence-electron chi connectivity index (χ1n) is 10.2. The lowest BCUT2D eigenvalue weighted by Crippen LogP contribution is -2.44. The van der Waals surface area contributed by atoms with Crippen molar-refractivity contribution in [2.45, 2.75) is 19.9 Å². The van der Waals surface area contributed by atoms with Gasteiger partial charge in [0.25, 0.3) is 5.91 Å². The standard InChI is InChI=1S/C23H27N3O3S/c1-16-3-6-19(13-17(16)2)24-22(27)21-14-30-15-26(21)23(28)18-4-7-20(8-5-18)25-9-11-29-12-10-25/h3-8,13,21H,9-12,14-15H2,1-2H3,(H,24,27). The highest BCUT2D eigenvalue weighted by Gasteiger charge is 2.35. The number of carbonyl (C=O) groups excluding carboxylic acids is 2. The van der Waals surface area contributed by atoms with Crippen molar-refractivity contribution in [3.63, 3.8) is 0 Å². The molecule has 2 heterocycles. The lowest BCUT2D eigenvalue weighted by Gasteiger charge is -2.29. The highest BCUT2D eigenvalue weighted by molar-refractivity contribution is 7.99. The van der Waals surface area contributed by atoms with E-state index in [-0.39, 0.29) is 11.8 Å². The number of hydrogen-bond donors (Lipinski definition) is 1. The van der Waals surface area contributed by atoms with Gasteiger partial charge in [-0.1, -0.05) is 6.07 Å². The first-order valence-corrected chi connectivity index (χ1v) is 11.4. The van der Waals surface area contributed by atoms with Crippen LogP contribution in [0.15, 0.2) is 42.5 Å². The minimum absolute atomic E-state index is 0.103. The maximum absolute atomic E-state index is 13.1. The zero-order chi connectivity index (χ0) is 21.1. The lowest BCUT2D eigenvalue weighted by molar-refractivity contribution is -0.119. The van der Waals surface area contributed by atoms with Crippen molar-refractivity contribution in [2.24, 2.45) is 0 Å². The second-order valence-corrected chi connectivity index (χ2v) is 8.72. The molecule has 1 atom stereocenters. The fraction of sp³-hybridized carbons (Fsp3) is 0.391. The van der Waals surface area contributed by atoms with Crippen LogP contribution in [0, 0.1) is 13.8 Å². The molecule has 1 N–H and O–H groups in total. The van der Waals surface area contributed by atoms with Gasteiger partial charge in [0.05, 0.1) is 19.1 Å². The fourth-order valence-electron chi connectivity index (χ4n) is 3.71. The van der Waals surface area contributed by atoms with Gasteiger partial charge in [-0.3, -0.25) is 9.59 Å². The third-order valence-corrected chi connectivity index (χ3v) is 6.72. The molecular weight excluding hydrogens is 398 g/mol. The van der Waals surface area contributed by atoms with Crippen molar-refractivity contribution in [1.29, 1.82) is 0 Å². The topological polar surface area (TPSA) is 61.9 Å². The Morgan fingerprint density at radius 1 is 1.03 bits per heavy atom. The molecule has 2 fully saturated rings. The first-order chi connectivity index (χ1) is 14.5. The van der Waals surface area contributed by atoms with Gasteiger partial charge in [-0.15, -0.1) is 11.8 Å². The van der Waals surface area contributed by atoms with E-state index in [4.69, 9.17) is 4.74 Å². The summed E-state index contributed by atoms with van der Waals surface area (Å²) in [6.45, 7) is 7.23. The fourth-order valence-corrected chi connectivity index (χ4v) is 4.86. The SMILES string of the molecule is Cc1ccc(NC(=O)C2CSCN2C(=O)c2ccc(N3CCOCC3)cc2)cc1C. The average molecular weight is 426 g/mol. The van der Waals surface area contributed by atoms with Crippen LogP contribution in [0.5, 0.6) is 0 Å². The Balaban J connectivity index is 1.43. The number of morpholine rings is 1. The Hall–Kier alpha value is -2.51. The largest absolute Gasteiger partial charge is 0.378 e.